The molecular weight excluding hydrogens is 248 g/mol. The van der Waals surface area contributed by atoms with E-state index in [9.17, 15) is 5.11 Å². The van der Waals surface area contributed by atoms with Crippen LogP contribution in [0.5, 0.6) is 5.75 Å². The zero-order valence-electron chi connectivity index (χ0n) is 11.1. The van der Waals surface area contributed by atoms with Gasteiger partial charge in [0.25, 0.3) is 0 Å². The lowest BCUT2D eigenvalue weighted by Crippen LogP contribution is -2.13. The van der Waals surface area contributed by atoms with Crippen molar-refractivity contribution in [2.24, 2.45) is 0 Å². The number of aromatic hydroxyl groups is 1. The highest BCUT2D eigenvalue weighted by atomic mass is 16.3. The van der Waals surface area contributed by atoms with Gasteiger partial charge in [0.1, 0.15) is 5.75 Å². The molecule has 0 saturated heterocycles. The Labute approximate surface area is 117 Å². The van der Waals surface area contributed by atoms with E-state index in [2.05, 4.69) is 22.4 Å². The van der Waals surface area contributed by atoms with E-state index in [0.717, 1.165) is 24.0 Å². The Morgan fingerprint density at radius 3 is 2.55 bits per heavy atom. The molecule has 1 heterocycles. The van der Waals surface area contributed by atoms with Gasteiger partial charge in [-0.05, 0) is 28.6 Å². The normalized spacial score (nSPS) is 10.8. The second kappa shape index (κ2) is 5.72. The van der Waals surface area contributed by atoms with Gasteiger partial charge in [0.05, 0.1) is 0 Å². The molecule has 0 radical (unpaired) electrons. The fourth-order valence-corrected chi connectivity index (χ4v) is 2.28. The molecule has 3 heteroatoms. The third-order valence-electron chi connectivity index (χ3n) is 3.33. The van der Waals surface area contributed by atoms with E-state index in [1.54, 1.807) is 12.1 Å². The maximum Gasteiger partial charge on any atom is 0.115 e. The molecule has 0 amide bonds. The molecule has 0 spiro atoms. The third kappa shape index (κ3) is 2.78. The number of hydrogen-bond acceptors (Lipinski definition) is 3. The average molecular weight is 264 g/mol. The van der Waals surface area contributed by atoms with Gasteiger partial charge in [0.15, 0.2) is 0 Å². The Morgan fingerprint density at radius 1 is 0.900 bits per heavy atom. The number of phenolic OH excluding ortho intramolecular Hbond substituents is 1. The monoisotopic (exact) mass is 264 g/mol. The molecule has 0 unspecified atom stereocenters. The summed E-state index contributed by atoms with van der Waals surface area (Å²) < 4.78 is 0. The Kier molecular flexibility index (Phi) is 3.61. The molecule has 1 aromatic heterocycles. The molecule has 0 aliphatic heterocycles. The van der Waals surface area contributed by atoms with Crippen molar-refractivity contribution in [3.8, 4) is 5.75 Å². The molecule has 0 aliphatic carbocycles. The summed E-state index contributed by atoms with van der Waals surface area (Å²) in [6.07, 6.45) is 3.80. The van der Waals surface area contributed by atoms with Crippen LogP contribution >= 0.6 is 0 Å². The Balaban J connectivity index is 1.69. The predicted molar refractivity (Wildman–Crippen MR) is 80.4 cm³/mol. The minimum absolute atomic E-state index is 0.298. The van der Waals surface area contributed by atoms with Crippen molar-refractivity contribution in [3.05, 3.63) is 72.1 Å². The highest BCUT2D eigenvalue weighted by Gasteiger charge is 2.01. The molecule has 0 atom stereocenters. The number of hydrogen-bond donors (Lipinski definition) is 2. The second-order valence-corrected chi connectivity index (χ2v) is 4.79. The van der Waals surface area contributed by atoms with Gasteiger partial charge in [-0.25, -0.2) is 0 Å². The summed E-state index contributed by atoms with van der Waals surface area (Å²) in [7, 11) is 0. The van der Waals surface area contributed by atoms with E-state index >= 15 is 0 Å². The van der Waals surface area contributed by atoms with Crippen molar-refractivity contribution < 1.29 is 5.11 Å². The molecule has 3 nitrogen and oxygen atoms in total. The first-order chi connectivity index (χ1) is 9.83. The Morgan fingerprint density at radius 2 is 1.70 bits per heavy atom. The molecular formula is C17H16N2O. The fraction of sp³-hybridized carbons (Fsp3) is 0.118. The molecule has 0 aliphatic rings. The van der Waals surface area contributed by atoms with E-state index in [4.69, 9.17) is 0 Å². The first kappa shape index (κ1) is 12.6. The van der Waals surface area contributed by atoms with Crippen LogP contribution in [-0.4, -0.2) is 10.1 Å². The average Bonchev–Trinajstić information content (AvgIpc) is 2.49. The topological polar surface area (TPSA) is 45.1 Å². The zero-order chi connectivity index (χ0) is 13.8. The number of nitrogens with zero attached hydrogens (tertiary/aromatic N) is 1. The predicted octanol–water partition coefficient (Wildman–Crippen LogP) is 3.23. The van der Waals surface area contributed by atoms with Crippen molar-refractivity contribution in [3.63, 3.8) is 0 Å². The van der Waals surface area contributed by atoms with E-state index in [1.165, 1.54) is 10.9 Å². The van der Waals surface area contributed by atoms with Crippen LogP contribution in [-0.2, 0) is 13.1 Å². The number of phenols is 1. The molecule has 2 N–H and O–H groups in total. The molecule has 3 aromatic rings. The van der Waals surface area contributed by atoms with Gasteiger partial charge < -0.3 is 10.4 Å². The van der Waals surface area contributed by atoms with Crippen LogP contribution in [0, 0.1) is 0 Å². The maximum atomic E-state index is 9.25. The summed E-state index contributed by atoms with van der Waals surface area (Å²) in [6, 6.07) is 15.5. The van der Waals surface area contributed by atoms with E-state index in [-0.39, 0.29) is 0 Å². The van der Waals surface area contributed by atoms with Gasteiger partial charge in [-0.3, -0.25) is 4.98 Å². The zero-order valence-corrected chi connectivity index (χ0v) is 11.1. The van der Waals surface area contributed by atoms with Crippen molar-refractivity contribution in [1.29, 1.82) is 0 Å². The highest BCUT2D eigenvalue weighted by molar-refractivity contribution is 5.84. The van der Waals surface area contributed by atoms with E-state index in [1.807, 2.05) is 36.7 Å². The van der Waals surface area contributed by atoms with Crippen LogP contribution < -0.4 is 5.32 Å². The SMILES string of the molecule is Oc1ccc(CNCc2cncc3ccccc23)cc1. The fourth-order valence-electron chi connectivity index (χ4n) is 2.28. The lowest BCUT2D eigenvalue weighted by molar-refractivity contribution is 0.475. The number of rotatable bonds is 4. The van der Waals surface area contributed by atoms with Crippen molar-refractivity contribution >= 4 is 10.8 Å². The Hall–Kier alpha value is -2.39. The van der Waals surface area contributed by atoms with Crippen molar-refractivity contribution in [2.75, 3.05) is 0 Å². The summed E-state index contributed by atoms with van der Waals surface area (Å²) in [4.78, 5) is 4.28. The quantitative estimate of drug-likeness (QED) is 0.760. The van der Waals surface area contributed by atoms with Crippen LogP contribution in [0.4, 0.5) is 0 Å². The van der Waals surface area contributed by atoms with Crippen LogP contribution in [0.3, 0.4) is 0 Å². The minimum atomic E-state index is 0.298. The summed E-state index contributed by atoms with van der Waals surface area (Å²) in [5.41, 5.74) is 2.35. The lowest BCUT2D eigenvalue weighted by atomic mass is 10.1. The van der Waals surface area contributed by atoms with Gasteiger partial charge in [-0.15, -0.1) is 0 Å². The van der Waals surface area contributed by atoms with Crippen molar-refractivity contribution in [2.45, 2.75) is 13.1 Å². The van der Waals surface area contributed by atoms with Crippen LogP contribution in [0.25, 0.3) is 10.8 Å². The van der Waals surface area contributed by atoms with Crippen LogP contribution in [0.1, 0.15) is 11.1 Å². The number of fused-ring (bicyclic) bond motifs is 1. The maximum absolute atomic E-state index is 9.25. The molecule has 100 valence electrons. The van der Waals surface area contributed by atoms with Gasteiger partial charge in [-0.1, -0.05) is 36.4 Å². The summed E-state index contributed by atoms with van der Waals surface area (Å²) in [5.74, 6) is 0.298. The first-order valence-electron chi connectivity index (χ1n) is 6.63. The number of pyridine rings is 1. The molecule has 3 rings (SSSR count). The standard InChI is InChI=1S/C17H16N2O/c20-16-7-5-13(6-8-16)9-18-11-15-12-19-10-14-3-1-2-4-17(14)15/h1-8,10,12,18,20H,9,11H2. The molecule has 20 heavy (non-hydrogen) atoms. The number of nitrogens with one attached hydrogen (secondary N) is 1. The van der Waals surface area contributed by atoms with E-state index in [0.29, 0.717) is 5.75 Å². The Bertz CT molecular complexity index is 702. The minimum Gasteiger partial charge on any atom is -0.508 e. The van der Waals surface area contributed by atoms with E-state index < -0.39 is 0 Å². The molecule has 2 aromatic carbocycles. The molecule has 0 fully saturated rings. The van der Waals surface area contributed by atoms with Gasteiger partial charge in [0.2, 0.25) is 0 Å². The van der Waals surface area contributed by atoms with Crippen LogP contribution in [0.15, 0.2) is 60.9 Å². The third-order valence-corrected chi connectivity index (χ3v) is 3.33. The molecule has 0 saturated carbocycles. The summed E-state index contributed by atoms with van der Waals surface area (Å²) in [5, 5.41) is 15.1. The van der Waals surface area contributed by atoms with Gasteiger partial charge in [0, 0.05) is 30.9 Å². The second-order valence-electron chi connectivity index (χ2n) is 4.79. The number of aromatic nitrogens is 1. The smallest absolute Gasteiger partial charge is 0.115 e. The number of benzene rings is 2. The van der Waals surface area contributed by atoms with Gasteiger partial charge >= 0.3 is 0 Å². The largest absolute Gasteiger partial charge is 0.508 e. The first-order valence-corrected chi connectivity index (χ1v) is 6.63. The highest BCUT2D eigenvalue weighted by Crippen LogP contribution is 2.17. The lowest BCUT2D eigenvalue weighted by Gasteiger charge is -2.08. The van der Waals surface area contributed by atoms with Crippen molar-refractivity contribution in [1.82, 2.24) is 10.3 Å². The molecule has 0 bridgehead atoms. The van der Waals surface area contributed by atoms with Gasteiger partial charge in [-0.2, -0.15) is 0 Å². The summed E-state index contributed by atoms with van der Waals surface area (Å²) in [6.45, 7) is 1.54. The summed E-state index contributed by atoms with van der Waals surface area (Å²) >= 11 is 0. The van der Waals surface area contributed by atoms with Crippen LogP contribution in [0.2, 0.25) is 0 Å².